The molecule has 0 spiro atoms. The van der Waals surface area contributed by atoms with Gasteiger partial charge in [0, 0.05) is 24.8 Å². The molecule has 0 saturated carbocycles. The number of likely N-dealkylation sites (tertiary alicyclic amines) is 1. The smallest absolute Gasteiger partial charge is 0.409 e. The first kappa shape index (κ1) is 12.7. The molecule has 2 atom stereocenters. The number of rotatable bonds is 2. The van der Waals surface area contributed by atoms with Crippen molar-refractivity contribution < 1.29 is 9.53 Å². The predicted octanol–water partition coefficient (Wildman–Crippen LogP) is 2.58. The molecule has 2 rings (SSSR count). The topological polar surface area (TPSA) is 41.6 Å². The number of anilines is 1. The summed E-state index contributed by atoms with van der Waals surface area (Å²) in [5, 5.41) is 3.53. The molecule has 1 aliphatic heterocycles. The largest absolute Gasteiger partial charge is 0.453 e. The van der Waals surface area contributed by atoms with Crippen molar-refractivity contribution in [2.45, 2.75) is 19.4 Å². The molecule has 0 bridgehead atoms. The van der Waals surface area contributed by atoms with E-state index >= 15 is 0 Å². The molecule has 98 valence electrons. The van der Waals surface area contributed by atoms with Crippen molar-refractivity contribution in [3.63, 3.8) is 0 Å². The Kier molecular flexibility index (Phi) is 4.07. The van der Waals surface area contributed by atoms with E-state index in [-0.39, 0.29) is 6.09 Å². The highest BCUT2D eigenvalue weighted by molar-refractivity contribution is 5.67. The summed E-state index contributed by atoms with van der Waals surface area (Å²) in [6, 6.07) is 10.6. The van der Waals surface area contributed by atoms with Gasteiger partial charge in [-0.1, -0.05) is 25.1 Å². The Morgan fingerprint density at radius 1 is 1.39 bits per heavy atom. The second-order valence-electron chi connectivity index (χ2n) is 4.80. The molecule has 1 aromatic carbocycles. The maximum Gasteiger partial charge on any atom is 0.409 e. The van der Waals surface area contributed by atoms with E-state index in [0.717, 1.165) is 25.2 Å². The number of nitrogens with one attached hydrogen (secondary N) is 1. The Bertz CT molecular complexity index is 394. The van der Waals surface area contributed by atoms with Crippen molar-refractivity contribution in [1.29, 1.82) is 0 Å². The average molecular weight is 248 g/mol. The second-order valence-corrected chi connectivity index (χ2v) is 4.80. The van der Waals surface area contributed by atoms with Gasteiger partial charge in [0.15, 0.2) is 0 Å². The molecule has 4 nitrogen and oxygen atoms in total. The zero-order valence-corrected chi connectivity index (χ0v) is 10.9. The van der Waals surface area contributed by atoms with Crippen molar-refractivity contribution in [1.82, 2.24) is 4.90 Å². The molecular formula is C14H20N2O2. The monoisotopic (exact) mass is 248 g/mol. The van der Waals surface area contributed by atoms with Crippen LogP contribution in [0, 0.1) is 5.92 Å². The Labute approximate surface area is 108 Å². The van der Waals surface area contributed by atoms with E-state index in [1.807, 2.05) is 18.2 Å². The summed E-state index contributed by atoms with van der Waals surface area (Å²) in [7, 11) is 1.43. The minimum atomic E-state index is -0.222. The van der Waals surface area contributed by atoms with Crippen LogP contribution in [0.3, 0.4) is 0 Å². The van der Waals surface area contributed by atoms with Crippen LogP contribution in [0.4, 0.5) is 10.5 Å². The van der Waals surface area contributed by atoms with Crippen molar-refractivity contribution in [2.75, 3.05) is 25.5 Å². The summed E-state index contributed by atoms with van der Waals surface area (Å²) in [6.07, 6.45) is 0.727. The molecule has 1 saturated heterocycles. The van der Waals surface area contributed by atoms with E-state index in [4.69, 9.17) is 4.74 Å². The Morgan fingerprint density at radius 2 is 2.11 bits per heavy atom. The highest BCUT2D eigenvalue weighted by atomic mass is 16.5. The molecule has 1 heterocycles. The first-order valence-electron chi connectivity index (χ1n) is 6.35. The Hall–Kier alpha value is -1.71. The van der Waals surface area contributed by atoms with Gasteiger partial charge in [-0.2, -0.15) is 0 Å². The van der Waals surface area contributed by atoms with Crippen LogP contribution in [0.1, 0.15) is 13.3 Å². The summed E-state index contributed by atoms with van der Waals surface area (Å²) in [6.45, 7) is 3.66. The number of ether oxygens (including phenoxy) is 1. The zero-order chi connectivity index (χ0) is 13.0. The number of methoxy groups -OCH3 is 1. The molecule has 18 heavy (non-hydrogen) atoms. The third kappa shape index (κ3) is 2.94. The van der Waals surface area contributed by atoms with Gasteiger partial charge in [-0.3, -0.25) is 0 Å². The third-order valence-corrected chi connectivity index (χ3v) is 3.46. The number of hydrogen-bond donors (Lipinski definition) is 1. The lowest BCUT2D eigenvalue weighted by Gasteiger charge is -2.36. The van der Waals surface area contributed by atoms with Gasteiger partial charge in [0.05, 0.1) is 7.11 Å². The SMILES string of the molecule is COC(=O)N1CC[C@@H](Nc2ccccc2)[C@@H](C)C1. The molecule has 0 aromatic heterocycles. The van der Waals surface area contributed by atoms with Crippen LogP contribution in [0.15, 0.2) is 30.3 Å². The molecule has 1 aliphatic rings. The van der Waals surface area contributed by atoms with Gasteiger partial charge in [0.25, 0.3) is 0 Å². The van der Waals surface area contributed by atoms with Gasteiger partial charge in [0.1, 0.15) is 0 Å². The van der Waals surface area contributed by atoms with E-state index in [1.54, 1.807) is 4.90 Å². The lowest BCUT2D eigenvalue weighted by atomic mass is 9.94. The van der Waals surface area contributed by atoms with E-state index in [0.29, 0.717) is 12.0 Å². The van der Waals surface area contributed by atoms with Crippen LogP contribution in [-0.4, -0.2) is 37.2 Å². The van der Waals surface area contributed by atoms with Gasteiger partial charge in [-0.15, -0.1) is 0 Å². The molecule has 1 amide bonds. The third-order valence-electron chi connectivity index (χ3n) is 3.46. The normalized spacial score (nSPS) is 23.6. The molecule has 1 fully saturated rings. The molecule has 4 heteroatoms. The van der Waals surface area contributed by atoms with Crippen molar-refractivity contribution >= 4 is 11.8 Å². The summed E-state index contributed by atoms with van der Waals surface area (Å²) in [4.78, 5) is 13.2. The quantitative estimate of drug-likeness (QED) is 0.874. The average Bonchev–Trinajstić information content (AvgIpc) is 2.41. The number of benzene rings is 1. The van der Waals surface area contributed by atoms with E-state index in [9.17, 15) is 4.79 Å². The molecule has 1 N–H and O–H groups in total. The van der Waals surface area contributed by atoms with Crippen LogP contribution >= 0.6 is 0 Å². The number of para-hydroxylation sites is 1. The molecule has 0 aliphatic carbocycles. The number of hydrogen-bond acceptors (Lipinski definition) is 3. The van der Waals surface area contributed by atoms with Crippen molar-refractivity contribution in [2.24, 2.45) is 5.92 Å². The molecule has 0 unspecified atom stereocenters. The first-order valence-corrected chi connectivity index (χ1v) is 6.35. The molecule has 0 radical (unpaired) electrons. The van der Waals surface area contributed by atoms with Gasteiger partial charge in [0.2, 0.25) is 0 Å². The van der Waals surface area contributed by atoms with Crippen LogP contribution in [0.5, 0.6) is 0 Å². The van der Waals surface area contributed by atoms with Gasteiger partial charge < -0.3 is 15.0 Å². The van der Waals surface area contributed by atoms with Gasteiger partial charge in [-0.05, 0) is 24.5 Å². The Morgan fingerprint density at radius 3 is 2.72 bits per heavy atom. The van der Waals surface area contributed by atoms with E-state index in [1.165, 1.54) is 7.11 Å². The molecule has 1 aromatic rings. The number of piperidine rings is 1. The van der Waals surface area contributed by atoms with Crippen LogP contribution in [0.25, 0.3) is 0 Å². The number of carbonyl (C=O) groups is 1. The fraction of sp³-hybridized carbons (Fsp3) is 0.500. The minimum absolute atomic E-state index is 0.222. The van der Waals surface area contributed by atoms with Crippen molar-refractivity contribution in [3.05, 3.63) is 30.3 Å². The molecular weight excluding hydrogens is 228 g/mol. The predicted molar refractivity (Wildman–Crippen MR) is 71.6 cm³/mol. The standard InChI is InChI=1S/C14H20N2O2/c1-11-10-16(14(17)18-2)9-8-13(11)15-12-6-4-3-5-7-12/h3-7,11,13,15H,8-10H2,1-2H3/t11-,13+/m0/s1. The fourth-order valence-corrected chi connectivity index (χ4v) is 2.40. The maximum atomic E-state index is 11.5. The zero-order valence-electron chi connectivity index (χ0n) is 10.9. The lowest BCUT2D eigenvalue weighted by Crippen LogP contribution is -2.47. The summed E-state index contributed by atoms with van der Waals surface area (Å²) in [5.74, 6) is 0.415. The fourth-order valence-electron chi connectivity index (χ4n) is 2.40. The second kappa shape index (κ2) is 5.76. The van der Waals surface area contributed by atoms with Crippen molar-refractivity contribution in [3.8, 4) is 0 Å². The summed E-state index contributed by atoms with van der Waals surface area (Å²) < 4.78 is 4.76. The minimum Gasteiger partial charge on any atom is -0.453 e. The highest BCUT2D eigenvalue weighted by Gasteiger charge is 2.28. The number of carbonyl (C=O) groups excluding carboxylic acids is 1. The van der Waals surface area contributed by atoms with Crippen LogP contribution < -0.4 is 5.32 Å². The maximum absolute atomic E-state index is 11.5. The van der Waals surface area contributed by atoms with E-state index in [2.05, 4.69) is 24.4 Å². The number of nitrogens with zero attached hydrogens (tertiary/aromatic N) is 1. The Balaban J connectivity index is 1.92. The lowest BCUT2D eigenvalue weighted by molar-refractivity contribution is 0.101. The summed E-state index contributed by atoms with van der Waals surface area (Å²) in [5.41, 5.74) is 1.14. The number of amides is 1. The van der Waals surface area contributed by atoms with Gasteiger partial charge in [-0.25, -0.2) is 4.79 Å². The van der Waals surface area contributed by atoms with Gasteiger partial charge >= 0.3 is 6.09 Å². The summed E-state index contributed by atoms with van der Waals surface area (Å²) >= 11 is 0. The van der Waals surface area contributed by atoms with E-state index < -0.39 is 0 Å². The van der Waals surface area contributed by atoms with Crippen LogP contribution in [0.2, 0.25) is 0 Å². The highest BCUT2D eigenvalue weighted by Crippen LogP contribution is 2.21. The van der Waals surface area contributed by atoms with Crippen LogP contribution in [-0.2, 0) is 4.74 Å². The first-order chi connectivity index (χ1) is 8.70.